The van der Waals surface area contributed by atoms with Crippen LogP contribution in [0.5, 0.6) is 0 Å². The molecule has 3 nitrogen and oxygen atoms in total. The normalized spacial score (nSPS) is 13.4. The molecule has 0 bridgehead atoms. The van der Waals surface area contributed by atoms with Crippen molar-refractivity contribution in [2.45, 2.75) is 52.8 Å². The smallest absolute Gasteiger partial charge is 0.323 e. The third-order valence-electron chi connectivity index (χ3n) is 2.93. The molecule has 0 amide bonds. The fourth-order valence-corrected chi connectivity index (χ4v) is 1.88. The van der Waals surface area contributed by atoms with E-state index in [4.69, 9.17) is 4.74 Å². The number of hydrogen-bond donors (Lipinski definition) is 0. The van der Waals surface area contributed by atoms with Crippen molar-refractivity contribution >= 4 is 5.97 Å². The molecule has 1 aromatic rings. The van der Waals surface area contributed by atoms with Crippen molar-refractivity contribution in [3.8, 4) is 0 Å². The topological polar surface area (TPSA) is 29.5 Å². The number of esters is 1. The van der Waals surface area contributed by atoms with Crippen LogP contribution in [0.25, 0.3) is 0 Å². The lowest BCUT2D eigenvalue weighted by Gasteiger charge is -2.29. The van der Waals surface area contributed by atoms with E-state index in [1.165, 1.54) is 5.56 Å². The van der Waals surface area contributed by atoms with E-state index in [9.17, 15) is 4.79 Å². The highest BCUT2D eigenvalue weighted by atomic mass is 16.6. The first-order valence-electron chi connectivity index (χ1n) is 6.84. The highest BCUT2D eigenvalue weighted by Crippen LogP contribution is 2.13. The Labute approximate surface area is 116 Å². The summed E-state index contributed by atoms with van der Waals surface area (Å²) in [5, 5.41) is 0. The predicted octanol–water partition coefficient (Wildman–Crippen LogP) is 3.24. The van der Waals surface area contributed by atoms with E-state index in [1.807, 2.05) is 45.9 Å². The summed E-state index contributed by atoms with van der Waals surface area (Å²) in [4.78, 5) is 14.2. The average Bonchev–Trinajstić information content (AvgIpc) is 2.34. The van der Waals surface area contributed by atoms with Crippen LogP contribution in [0.2, 0.25) is 0 Å². The number of carbonyl (C=O) groups excluding carboxylic acids is 1. The highest BCUT2D eigenvalue weighted by Gasteiger charge is 2.25. The Bertz CT molecular complexity index is 395. The van der Waals surface area contributed by atoms with Gasteiger partial charge in [-0.15, -0.1) is 0 Å². The zero-order valence-corrected chi connectivity index (χ0v) is 12.6. The Morgan fingerprint density at radius 2 is 1.84 bits per heavy atom. The lowest BCUT2D eigenvalue weighted by molar-refractivity contribution is -0.160. The summed E-state index contributed by atoms with van der Waals surface area (Å²) in [6, 6.07) is 9.94. The van der Waals surface area contributed by atoms with Crippen molar-refractivity contribution in [1.29, 1.82) is 0 Å². The molecular weight excluding hydrogens is 238 g/mol. The van der Waals surface area contributed by atoms with Crippen LogP contribution in [0.4, 0.5) is 0 Å². The Balaban J connectivity index is 2.66. The molecule has 0 aliphatic rings. The van der Waals surface area contributed by atoms with Gasteiger partial charge in [0.25, 0.3) is 0 Å². The zero-order chi connectivity index (χ0) is 14.5. The third kappa shape index (κ3) is 5.43. The first-order chi connectivity index (χ1) is 8.83. The van der Waals surface area contributed by atoms with Crippen molar-refractivity contribution < 1.29 is 9.53 Å². The Morgan fingerprint density at radius 3 is 2.32 bits per heavy atom. The number of ether oxygens (including phenoxy) is 1. The Kier molecular flexibility index (Phi) is 5.55. The summed E-state index contributed by atoms with van der Waals surface area (Å²) >= 11 is 0. The predicted molar refractivity (Wildman–Crippen MR) is 77.8 cm³/mol. The van der Waals surface area contributed by atoms with Crippen LogP contribution in [-0.2, 0) is 16.1 Å². The average molecular weight is 263 g/mol. The van der Waals surface area contributed by atoms with Gasteiger partial charge in [-0.3, -0.25) is 9.69 Å². The maximum atomic E-state index is 12.1. The Hall–Kier alpha value is -1.35. The second kappa shape index (κ2) is 6.71. The van der Waals surface area contributed by atoms with E-state index in [0.717, 1.165) is 13.1 Å². The van der Waals surface area contributed by atoms with E-state index >= 15 is 0 Å². The van der Waals surface area contributed by atoms with Gasteiger partial charge in [0, 0.05) is 6.54 Å². The van der Waals surface area contributed by atoms with E-state index in [1.54, 1.807) is 0 Å². The van der Waals surface area contributed by atoms with Crippen molar-refractivity contribution in [1.82, 2.24) is 4.90 Å². The summed E-state index contributed by atoms with van der Waals surface area (Å²) in [5.41, 5.74) is 0.775. The van der Waals surface area contributed by atoms with Crippen LogP contribution < -0.4 is 0 Å². The fourth-order valence-electron chi connectivity index (χ4n) is 1.88. The highest BCUT2D eigenvalue weighted by molar-refractivity contribution is 5.75. The van der Waals surface area contributed by atoms with Crippen LogP contribution >= 0.6 is 0 Å². The van der Waals surface area contributed by atoms with Crippen molar-refractivity contribution in [2.75, 3.05) is 6.54 Å². The molecule has 0 aromatic heterocycles. The van der Waals surface area contributed by atoms with E-state index in [0.29, 0.717) is 0 Å². The van der Waals surface area contributed by atoms with Crippen LogP contribution in [0, 0.1) is 0 Å². The number of carbonyl (C=O) groups is 1. The van der Waals surface area contributed by atoms with Gasteiger partial charge in [0.1, 0.15) is 11.6 Å². The van der Waals surface area contributed by atoms with Crippen molar-refractivity contribution in [2.24, 2.45) is 0 Å². The molecule has 19 heavy (non-hydrogen) atoms. The molecule has 0 heterocycles. The Morgan fingerprint density at radius 1 is 1.26 bits per heavy atom. The van der Waals surface area contributed by atoms with Crippen LogP contribution in [-0.4, -0.2) is 29.1 Å². The van der Waals surface area contributed by atoms with Gasteiger partial charge < -0.3 is 4.74 Å². The molecule has 0 unspecified atom stereocenters. The van der Waals surface area contributed by atoms with Gasteiger partial charge in [-0.25, -0.2) is 0 Å². The minimum atomic E-state index is -0.433. The zero-order valence-electron chi connectivity index (χ0n) is 12.6. The van der Waals surface area contributed by atoms with Gasteiger partial charge in [-0.05, 0) is 39.8 Å². The van der Waals surface area contributed by atoms with Crippen LogP contribution in [0.3, 0.4) is 0 Å². The van der Waals surface area contributed by atoms with Gasteiger partial charge in [0.2, 0.25) is 0 Å². The SMILES string of the molecule is CCN(Cc1ccccc1)[C@@H](C)C(=O)OC(C)(C)C. The molecule has 3 heteroatoms. The molecule has 1 aromatic carbocycles. The molecule has 1 rings (SSSR count). The standard InChI is InChI=1S/C16H25NO2/c1-6-17(12-14-10-8-7-9-11-14)13(2)15(18)19-16(3,4)5/h7-11,13H,6,12H2,1-5H3/t13-/m0/s1. The van der Waals surface area contributed by atoms with Crippen LogP contribution in [0.1, 0.15) is 40.2 Å². The molecule has 0 aliphatic carbocycles. The largest absolute Gasteiger partial charge is 0.459 e. The fraction of sp³-hybridized carbons (Fsp3) is 0.562. The van der Waals surface area contributed by atoms with Gasteiger partial charge in [-0.1, -0.05) is 37.3 Å². The minimum Gasteiger partial charge on any atom is -0.459 e. The number of benzene rings is 1. The molecule has 0 fully saturated rings. The second-order valence-corrected chi connectivity index (χ2v) is 5.76. The number of likely N-dealkylation sites (N-methyl/N-ethyl adjacent to an activating group) is 1. The lowest BCUT2D eigenvalue weighted by atomic mass is 10.1. The van der Waals surface area contributed by atoms with Gasteiger partial charge in [-0.2, -0.15) is 0 Å². The molecular formula is C16H25NO2. The summed E-state index contributed by atoms with van der Waals surface area (Å²) in [5.74, 6) is -0.162. The first-order valence-corrected chi connectivity index (χ1v) is 6.84. The van der Waals surface area contributed by atoms with E-state index in [-0.39, 0.29) is 12.0 Å². The number of rotatable bonds is 5. The molecule has 0 radical (unpaired) electrons. The molecule has 0 N–H and O–H groups in total. The van der Waals surface area contributed by atoms with Crippen molar-refractivity contribution in [3.05, 3.63) is 35.9 Å². The molecule has 0 spiro atoms. The lowest BCUT2D eigenvalue weighted by Crippen LogP contribution is -2.42. The minimum absolute atomic E-state index is 0.162. The second-order valence-electron chi connectivity index (χ2n) is 5.76. The molecule has 1 atom stereocenters. The van der Waals surface area contributed by atoms with Crippen molar-refractivity contribution in [3.63, 3.8) is 0 Å². The number of hydrogen-bond acceptors (Lipinski definition) is 3. The maximum absolute atomic E-state index is 12.1. The first kappa shape index (κ1) is 15.7. The van der Waals surface area contributed by atoms with Gasteiger partial charge in [0.05, 0.1) is 0 Å². The summed E-state index contributed by atoms with van der Waals surface area (Å²) in [6.45, 7) is 11.2. The summed E-state index contributed by atoms with van der Waals surface area (Å²) in [6.07, 6.45) is 0. The number of nitrogens with zero attached hydrogens (tertiary/aromatic N) is 1. The molecule has 0 saturated heterocycles. The molecule has 0 saturated carbocycles. The molecule has 0 aliphatic heterocycles. The summed E-state index contributed by atoms with van der Waals surface area (Å²) < 4.78 is 5.44. The quantitative estimate of drug-likeness (QED) is 0.764. The third-order valence-corrected chi connectivity index (χ3v) is 2.93. The molecule has 106 valence electrons. The monoisotopic (exact) mass is 263 g/mol. The van der Waals surface area contributed by atoms with E-state index < -0.39 is 5.60 Å². The summed E-state index contributed by atoms with van der Waals surface area (Å²) in [7, 11) is 0. The van der Waals surface area contributed by atoms with Gasteiger partial charge >= 0.3 is 5.97 Å². The van der Waals surface area contributed by atoms with E-state index in [2.05, 4.69) is 24.0 Å². The van der Waals surface area contributed by atoms with Gasteiger partial charge in [0.15, 0.2) is 0 Å². The van der Waals surface area contributed by atoms with Crippen LogP contribution in [0.15, 0.2) is 30.3 Å². The maximum Gasteiger partial charge on any atom is 0.323 e.